The molecule has 0 amide bonds. The number of nitrogens with zero attached hydrogens (tertiary/aromatic N) is 3. The van der Waals surface area contributed by atoms with E-state index < -0.39 is 0 Å². The Morgan fingerprint density at radius 1 is 0.893 bits per heavy atom. The molecule has 142 valence electrons. The lowest BCUT2D eigenvalue weighted by Gasteiger charge is -2.51. The van der Waals surface area contributed by atoms with Gasteiger partial charge < -0.3 is 4.90 Å². The summed E-state index contributed by atoms with van der Waals surface area (Å²) in [5.74, 6) is 7.58. The first-order valence-corrected chi connectivity index (χ1v) is 10.3. The van der Waals surface area contributed by atoms with Gasteiger partial charge in [0.15, 0.2) is 0 Å². The molecule has 1 aliphatic rings. The van der Waals surface area contributed by atoms with Gasteiger partial charge in [-0.1, -0.05) is 56.7 Å². The summed E-state index contributed by atoms with van der Waals surface area (Å²) in [5, 5.41) is 1.10. The topological polar surface area (TPSA) is 29.0 Å². The Labute approximate surface area is 167 Å². The molecule has 3 aromatic rings. The maximum absolute atomic E-state index is 4.64. The van der Waals surface area contributed by atoms with Crippen molar-refractivity contribution in [3.05, 3.63) is 66.0 Å². The molecular weight excluding hydrogens is 342 g/mol. The molecule has 1 aliphatic heterocycles. The summed E-state index contributed by atoms with van der Waals surface area (Å²) in [5.41, 5.74) is 3.48. The first-order valence-electron chi connectivity index (χ1n) is 10.3. The van der Waals surface area contributed by atoms with Gasteiger partial charge in [0.05, 0.1) is 5.52 Å². The molecule has 2 heterocycles. The van der Waals surface area contributed by atoms with Crippen LogP contribution in [0.15, 0.2) is 54.9 Å². The molecule has 0 atom stereocenters. The Balaban J connectivity index is 1.62. The van der Waals surface area contributed by atoms with Crippen molar-refractivity contribution >= 4 is 16.7 Å². The van der Waals surface area contributed by atoms with Crippen LogP contribution in [-0.4, -0.2) is 23.1 Å². The zero-order chi connectivity index (χ0) is 19.4. The number of hydrogen-bond acceptors (Lipinski definition) is 3. The van der Waals surface area contributed by atoms with Gasteiger partial charge in [-0.2, -0.15) is 0 Å². The van der Waals surface area contributed by atoms with Crippen LogP contribution in [0.1, 0.15) is 50.7 Å². The summed E-state index contributed by atoms with van der Waals surface area (Å²) in [6.45, 7) is 6.77. The van der Waals surface area contributed by atoms with Gasteiger partial charge in [-0.15, -0.1) is 0 Å². The monoisotopic (exact) mass is 369 g/mol. The average molecular weight is 370 g/mol. The van der Waals surface area contributed by atoms with Crippen LogP contribution in [0.2, 0.25) is 0 Å². The van der Waals surface area contributed by atoms with Crippen LogP contribution in [0, 0.1) is 17.3 Å². The van der Waals surface area contributed by atoms with E-state index in [1.807, 2.05) is 36.4 Å². The van der Waals surface area contributed by atoms with Gasteiger partial charge in [0.25, 0.3) is 0 Å². The zero-order valence-electron chi connectivity index (χ0n) is 16.8. The van der Waals surface area contributed by atoms with Gasteiger partial charge in [-0.05, 0) is 43.2 Å². The minimum Gasteiger partial charge on any atom is -0.355 e. The summed E-state index contributed by atoms with van der Waals surface area (Å²) >= 11 is 0. The SMILES string of the molecule is CCCC1(CCC)CN(c2ncnc3ccc(C#Cc4ccccc4)cc23)C1. The van der Waals surface area contributed by atoms with Crippen LogP contribution >= 0.6 is 0 Å². The number of anilines is 1. The smallest absolute Gasteiger partial charge is 0.139 e. The van der Waals surface area contributed by atoms with Crippen molar-refractivity contribution in [1.82, 2.24) is 9.97 Å². The second-order valence-corrected chi connectivity index (χ2v) is 7.90. The van der Waals surface area contributed by atoms with E-state index in [1.54, 1.807) is 6.33 Å². The van der Waals surface area contributed by atoms with Gasteiger partial charge in [0, 0.05) is 35.0 Å². The van der Waals surface area contributed by atoms with Crippen molar-refractivity contribution in [3.63, 3.8) is 0 Å². The van der Waals surface area contributed by atoms with E-state index in [9.17, 15) is 0 Å². The lowest BCUT2D eigenvalue weighted by molar-refractivity contribution is 0.172. The quantitative estimate of drug-likeness (QED) is 0.561. The molecule has 0 radical (unpaired) electrons. The molecule has 0 spiro atoms. The van der Waals surface area contributed by atoms with Gasteiger partial charge in [-0.25, -0.2) is 9.97 Å². The van der Waals surface area contributed by atoms with Crippen molar-refractivity contribution in [3.8, 4) is 11.8 Å². The van der Waals surface area contributed by atoms with Gasteiger partial charge >= 0.3 is 0 Å². The number of benzene rings is 2. The van der Waals surface area contributed by atoms with E-state index in [2.05, 4.69) is 52.7 Å². The third-order valence-electron chi connectivity index (χ3n) is 5.65. The molecule has 2 aromatic carbocycles. The number of hydrogen-bond donors (Lipinski definition) is 0. The maximum Gasteiger partial charge on any atom is 0.139 e. The standard InChI is InChI=1S/C25H27N3/c1-3-14-25(15-4-2)17-28(18-25)24-22-16-21(12-13-23(22)26-19-27-24)11-10-20-8-6-5-7-9-20/h5-9,12-13,16,19H,3-4,14-15,17-18H2,1-2H3. The molecule has 1 fully saturated rings. The molecule has 0 unspecified atom stereocenters. The normalized spacial score (nSPS) is 15.0. The Hall–Kier alpha value is -2.86. The van der Waals surface area contributed by atoms with Crippen molar-refractivity contribution in [2.24, 2.45) is 5.41 Å². The highest BCUT2D eigenvalue weighted by Gasteiger charge is 2.42. The van der Waals surface area contributed by atoms with Crippen molar-refractivity contribution < 1.29 is 0 Å². The second-order valence-electron chi connectivity index (χ2n) is 7.90. The van der Waals surface area contributed by atoms with E-state index in [0.717, 1.165) is 40.9 Å². The Morgan fingerprint density at radius 2 is 1.61 bits per heavy atom. The highest BCUT2D eigenvalue weighted by atomic mass is 15.3. The number of fused-ring (bicyclic) bond motifs is 1. The van der Waals surface area contributed by atoms with E-state index in [-0.39, 0.29) is 0 Å². The predicted molar refractivity (Wildman–Crippen MR) is 116 cm³/mol. The molecule has 3 nitrogen and oxygen atoms in total. The third kappa shape index (κ3) is 3.73. The zero-order valence-corrected chi connectivity index (χ0v) is 16.8. The van der Waals surface area contributed by atoms with Gasteiger partial charge in [0.2, 0.25) is 0 Å². The van der Waals surface area contributed by atoms with Gasteiger partial charge in [0.1, 0.15) is 12.1 Å². The Bertz CT molecular complexity index is 1000. The molecule has 0 N–H and O–H groups in total. The molecule has 28 heavy (non-hydrogen) atoms. The fourth-order valence-electron chi connectivity index (χ4n) is 4.45. The molecule has 0 saturated carbocycles. The molecule has 0 bridgehead atoms. The van der Waals surface area contributed by atoms with Crippen LogP contribution in [-0.2, 0) is 0 Å². The van der Waals surface area contributed by atoms with E-state index in [0.29, 0.717) is 5.41 Å². The van der Waals surface area contributed by atoms with E-state index in [1.165, 1.54) is 25.7 Å². The van der Waals surface area contributed by atoms with Crippen molar-refractivity contribution in [1.29, 1.82) is 0 Å². The second kappa shape index (κ2) is 8.02. The highest BCUT2D eigenvalue weighted by Crippen LogP contribution is 2.42. The molecule has 1 aromatic heterocycles. The van der Waals surface area contributed by atoms with Crippen LogP contribution in [0.4, 0.5) is 5.82 Å². The summed E-state index contributed by atoms with van der Waals surface area (Å²) in [6, 6.07) is 16.3. The third-order valence-corrected chi connectivity index (χ3v) is 5.65. The molecule has 4 rings (SSSR count). The lowest BCUT2D eigenvalue weighted by Crippen LogP contribution is -2.56. The average Bonchev–Trinajstić information content (AvgIpc) is 2.70. The van der Waals surface area contributed by atoms with Crippen molar-refractivity contribution in [2.45, 2.75) is 39.5 Å². The fourth-order valence-corrected chi connectivity index (χ4v) is 4.45. The lowest BCUT2D eigenvalue weighted by atomic mass is 9.72. The fraction of sp³-hybridized carbons (Fsp3) is 0.360. The predicted octanol–water partition coefficient (Wildman–Crippen LogP) is 5.44. The highest BCUT2D eigenvalue weighted by molar-refractivity contribution is 5.90. The van der Waals surface area contributed by atoms with Crippen molar-refractivity contribution in [2.75, 3.05) is 18.0 Å². The Morgan fingerprint density at radius 3 is 2.32 bits per heavy atom. The maximum atomic E-state index is 4.64. The molecule has 1 saturated heterocycles. The Kier molecular flexibility index (Phi) is 5.30. The molecular formula is C25H27N3. The minimum absolute atomic E-state index is 0.464. The molecule has 3 heteroatoms. The minimum atomic E-state index is 0.464. The first kappa shape index (κ1) is 18.5. The number of rotatable bonds is 5. The summed E-state index contributed by atoms with van der Waals surface area (Å²) < 4.78 is 0. The van der Waals surface area contributed by atoms with Crippen LogP contribution < -0.4 is 4.90 Å². The summed E-state index contributed by atoms with van der Waals surface area (Å²) in [7, 11) is 0. The number of aromatic nitrogens is 2. The van der Waals surface area contributed by atoms with Gasteiger partial charge in [-0.3, -0.25) is 0 Å². The van der Waals surface area contributed by atoms with E-state index in [4.69, 9.17) is 0 Å². The molecule has 0 aliphatic carbocycles. The van der Waals surface area contributed by atoms with Crippen LogP contribution in [0.25, 0.3) is 10.9 Å². The largest absolute Gasteiger partial charge is 0.355 e. The van der Waals surface area contributed by atoms with E-state index >= 15 is 0 Å². The van der Waals surface area contributed by atoms with Crippen LogP contribution in [0.5, 0.6) is 0 Å². The van der Waals surface area contributed by atoms with Crippen LogP contribution in [0.3, 0.4) is 0 Å². The summed E-state index contributed by atoms with van der Waals surface area (Å²) in [4.78, 5) is 11.5. The first-order chi connectivity index (χ1) is 13.7. The summed E-state index contributed by atoms with van der Waals surface area (Å²) in [6.07, 6.45) is 6.78.